The fourth-order valence-corrected chi connectivity index (χ4v) is 12.5. The Morgan fingerprint density at radius 1 is 0.457 bits per heavy atom. The van der Waals surface area contributed by atoms with Gasteiger partial charge in [0.25, 0.3) is 0 Å². The molecule has 2 saturated heterocycles. The maximum Gasteiger partial charge on any atom is 0.217 e. The minimum atomic E-state index is -4.41. The summed E-state index contributed by atoms with van der Waals surface area (Å²) in [4.78, 5) is 0. The van der Waals surface area contributed by atoms with Crippen LogP contribution in [0.5, 0.6) is 0 Å². The van der Waals surface area contributed by atoms with Crippen LogP contribution in [-0.4, -0.2) is 116 Å². The Labute approximate surface area is 409 Å². The predicted molar refractivity (Wildman–Crippen MR) is 271 cm³/mol. The molecule has 0 atom stereocenters. The Morgan fingerprint density at radius 2 is 0.729 bits per heavy atom. The molecule has 0 N–H and O–H groups in total. The lowest BCUT2D eigenvalue weighted by Gasteiger charge is -2.53. The molecule has 0 spiro atoms. The fraction of sp³-hybridized carbons (Fsp3) is 0.250. The van der Waals surface area contributed by atoms with Gasteiger partial charge in [0, 0.05) is 44.2 Å². The summed E-state index contributed by atoms with van der Waals surface area (Å²) in [5.74, 6) is 0. The topological polar surface area (TPSA) is 151 Å². The van der Waals surface area contributed by atoms with E-state index in [2.05, 4.69) is 180 Å². The van der Waals surface area contributed by atoms with Crippen LogP contribution < -0.4 is 0 Å². The molecule has 12 nitrogen and oxygen atoms in total. The average molecular weight is 979 g/mol. The highest BCUT2D eigenvalue weighted by molar-refractivity contribution is 7.81. The molecule has 4 bridgehead atoms. The highest BCUT2D eigenvalue weighted by atomic mass is 32.3. The number of hydrogen-bond acceptors (Lipinski definition) is 10. The molecule has 6 aliphatic rings. The average Bonchev–Trinajstić information content (AvgIpc) is 4.15. The molecule has 0 saturated carbocycles. The van der Waals surface area contributed by atoms with E-state index in [0.717, 1.165) is 75.8 Å². The monoisotopic (exact) mass is 978 g/mol. The van der Waals surface area contributed by atoms with Crippen LogP contribution in [0.1, 0.15) is 11.1 Å². The summed E-state index contributed by atoms with van der Waals surface area (Å²) in [6, 6.07) is 41.4. The summed E-state index contributed by atoms with van der Waals surface area (Å²) in [6.45, 7) is 6.67. The number of rotatable bonds is 8. The van der Waals surface area contributed by atoms with Crippen molar-refractivity contribution in [2.24, 2.45) is 0 Å². The number of benzene rings is 6. The summed E-state index contributed by atoms with van der Waals surface area (Å²) in [5.41, 5.74) is 12.7. The van der Waals surface area contributed by atoms with Crippen molar-refractivity contribution in [1.29, 1.82) is 0 Å². The van der Waals surface area contributed by atoms with Gasteiger partial charge >= 0.3 is 0 Å². The van der Waals surface area contributed by atoms with Gasteiger partial charge in [0.05, 0.1) is 54.7 Å². The lowest BCUT2D eigenvalue weighted by atomic mass is 9.67. The van der Waals surface area contributed by atoms with Crippen LogP contribution in [0.15, 0.2) is 180 Å². The number of ether oxygens (including phenoxy) is 2. The van der Waals surface area contributed by atoms with Crippen molar-refractivity contribution < 1.29 is 52.7 Å². The second-order valence-electron chi connectivity index (χ2n) is 18.7. The second kappa shape index (κ2) is 18.1. The molecule has 6 aromatic rings. The van der Waals surface area contributed by atoms with Crippen LogP contribution in [0.25, 0.3) is 54.6 Å². The molecule has 2 aliphatic heterocycles. The summed E-state index contributed by atoms with van der Waals surface area (Å²) in [5, 5.41) is 8.01. The van der Waals surface area contributed by atoms with Gasteiger partial charge < -0.3 is 27.5 Å². The van der Waals surface area contributed by atoms with E-state index in [9.17, 15) is 25.9 Å². The highest BCUT2D eigenvalue weighted by Gasteiger charge is 2.62. The molecule has 6 aromatic carbocycles. The standard InChI is InChI=1S/C54H48N2O2.2CH4O4S/c1-55(29-33-57-34-30-55)53(39-21-22-40(53)24-23-39)51-45-19-11-9-17-43(45)48(38-15-7-4-8-16-38)50-49(51)47(37-13-5-3-6-14-37)44-18-10-12-20-46(44)52(50)54(41-25-26-42(54)28-27-41)56(2)31-35-58-36-32-56;2*1-5-6(2,3)4/h3-28H,29-36H2,1-2H3;2*1H3,(H,2,3,4)/q+2;;/p-2. The van der Waals surface area contributed by atoms with Crippen molar-refractivity contribution in [3.8, 4) is 22.3 Å². The van der Waals surface area contributed by atoms with Gasteiger partial charge in [0.15, 0.2) is 11.1 Å². The Morgan fingerprint density at radius 3 is 1.00 bits per heavy atom. The Hall–Kier alpha value is -5.88. The molecule has 14 heteroatoms. The first-order valence-electron chi connectivity index (χ1n) is 23.3. The molecule has 0 unspecified atom stereocenters. The van der Waals surface area contributed by atoms with E-state index in [1.54, 1.807) is 0 Å². The molecular formula is C56H54N2O10S2. The minimum absolute atomic E-state index is 0.434. The van der Waals surface area contributed by atoms with Gasteiger partial charge in [-0.2, -0.15) is 0 Å². The van der Waals surface area contributed by atoms with Gasteiger partial charge in [0.2, 0.25) is 20.8 Å². The minimum Gasteiger partial charge on any atom is -0.726 e. The van der Waals surface area contributed by atoms with Gasteiger partial charge in [-0.15, -0.1) is 0 Å². The third-order valence-electron chi connectivity index (χ3n) is 15.4. The number of morpholine rings is 2. The van der Waals surface area contributed by atoms with Crippen molar-refractivity contribution in [1.82, 2.24) is 0 Å². The van der Waals surface area contributed by atoms with E-state index in [-0.39, 0.29) is 0 Å². The smallest absolute Gasteiger partial charge is 0.217 e. The maximum absolute atomic E-state index is 9.22. The van der Waals surface area contributed by atoms with E-state index in [1.807, 2.05) is 0 Å². The van der Waals surface area contributed by atoms with Gasteiger partial charge in [-0.3, -0.25) is 8.37 Å². The van der Waals surface area contributed by atoms with Gasteiger partial charge in [0.1, 0.15) is 26.2 Å². The van der Waals surface area contributed by atoms with Crippen LogP contribution in [0.3, 0.4) is 0 Å². The van der Waals surface area contributed by atoms with Crippen molar-refractivity contribution in [2.45, 2.75) is 11.1 Å². The van der Waals surface area contributed by atoms with Gasteiger partial charge in [-0.25, -0.2) is 16.8 Å². The third-order valence-corrected chi connectivity index (χ3v) is 16.2. The number of hydrogen-bond donors (Lipinski definition) is 0. The molecule has 2 heterocycles. The zero-order valence-corrected chi connectivity index (χ0v) is 41.1. The van der Waals surface area contributed by atoms with E-state index >= 15 is 0 Å². The van der Waals surface area contributed by atoms with Crippen LogP contribution in [-0.2, 0) is 49.7 Å². The molecule has 0 aromatic heterocycles. The van der Waals surface area contributed by atoms with E-state index in [1.165, 1.54) is 88.0 Å². The largest absolute Gasteiger partial charge is 0.726 e. The molecule has 0 radical (unpaired) electrons. The number of quaternary nitrogens is 2. The van der Waals surface area contributed by atoms with E-state index in [0.29, 0.717) is 0 Å². The lowest BCUT2D eigenvalue weighted by Crippen LogP contribution is -2.64. The van der Waals surface area contributed by atoms with Crippen molar-refractivity contribution in [2.75, 3.05) is 80.9 Å². The summed E-state index contributed by atoms with van der Waals surface area (Å²) in [6.07, 6.45) is 19.4. The SMILES string of the molecule is COS(=O)(=O)[O-].COS(=O)(=O)[O-].C[N+]1(C2(c3c4ccccc4c(-c4ccccc4)c4c(C5([N+]6(C)CCOCC6)C6=CC=C5C=C6)c5ccccc5c(-c5ccccc5)c34)C3=CC=C2C=C3)CCOCC1. The van der Waals surface area contributed by atoms with Crippen LogP contribution >= 0.6 is 0 Å². The molecule has 0 amide bonds. The van der Waals surface area contributed by atoms with E-state index < -0.39 is 31.9 Å². The van der Waals surface area contributed by atoms with Crippen LogP contribution in [0.4, 0.5) is 0 Å². The normalized spacial score (nSPS) is 20.0. The highest BCUT2D eigenvalue weighted by Crippen LogP contribution is 2.64. The Bertz CT molecular complexity index is 3220. The molecular weight excluding hydrogens is 925 g/mol. The molecule has 360 valence electrons. The molecule has 70 heavy (non-hydrogen) atoms. The first-order valence-corrected chi connectivity index (χ1v) is 25.9. The third kappa shape index (κ3) is 7.48. The quantitative estimate of drug-likeness (QED) is 0.0626. The number of nitrogens with zero attached hydrogens (tertiary/aromatic N) is 2. The molecule has 4 aliphatic carbocycles. The zero-order valence-electron chi connectivity index (χ0n) is 39.5. The predicted octanol–water partition coefficient (Wildman–Crippen LogP) is 8.88. The number of likely N-dealkylation sites (N-methyl/N-ethyl adjacent to an activating group) is 2. The summed E-state index contributed by atoms with van der Waals surface area (Å²) >= 11 is 0. The molecule has 2 fully saturated rings. The first kappa shape index (κ1) is 47.8. The number of fused-ring (bicyclic) bond motifs is 7. The van der Waals surface area contributed by atoms with Crippen LogP contribution in [0, 0.1) is 0 Å². The maximum atomic E-state index is 9.22. The van der Waals surface area contributed by atoms with Crippen molar-refractivity contribution >= 4 is 53.1 Å². The zero-order chi connectivity index (χ0) is 49.1. The van der Waals surface area contributed by atoms with E-state index in [4.69, 9.17) is 9.47 Å². The van der Waals surface area contributed by atoms with Crippen molar-refractivity contribution in [3.63, 3.8) is 0 Å². The summed E-state index contributed by atoms with van der Waals surface area (Å²) < 4.78 is 76.1. The first-order chi connectivity index (χ1) is 33.6. The fourth-order valence-electron chi connectivity index (χ4n) is 12.5. The Kier molecular flexibility index (Phi) is 12.3. The van der Waals surface area contributed by atoms with Gasteiger partial charge in [-0.1, -0.05) is 158 Å². The van der Waals surface area contributed by atoms with Crippen LogP contribution in [0.2, 0.25) is 0 Å². The summed E-state index contributed by atoms with van der Waals surface area (Å²) in [7, 11) is -2.19. The lowest BCUT2D eigenvalue weighted by molar-refractivity contribution is -0.960. The Balaban J connectivity index is 0.000000424. The second-order valence-corrected chi connectivity index (χ2v) is 21.0. The number of allylic oxidation sites excluding steroid dienone is 4. The van der Waals surface area contributed by atoms with Gasteiger partial charge in [-0.05, 0) is 43.8 Å². The molecule has 12 rings (SSSR count). The van der Waals surface area contributed by atoms with Crippen molar-refractivity contribution in [3.05, 3.63) is 191 Å².